The quantitative estimate of drug-likeness (QED) is 0.110. The van der Waals surface area contributed by atoms with Gasteiger partial charge in [-0.3, -0.25) is 4.79 Å². The van der Waals surface area contributed by atoms with E-state index in [-0.39, 0.29) is 17.7 Å². The molecule has 0 aliphatic carbocycles. The van der Waals surface area contributed by atoms with Gasteiger partial charge in [0.15, 0.2) is 0 Å². The number of nitrogens with one attached hydrogen (secondary N) is 4. The van der Waals surface area contributed by atoms with Gasteiger partial charge in [0.25, 0.3) is 5.91 Å². The second-order valence-electron chi connectivity index (χ2n) is 9.24. The Morgan fingerprint density at radius 3 is 2.05 bits per heavy atom. The molecule has 43 heavy (non-hydrogen) atoms. The molecule has 6 N–H and O–H groups in total. The van der Waals surface area contributed by atoms with Crippen molar-refractivity contribution in [3.05, 3.63) is 100 Å². The van der Waals surface area contributed by atoms with Gasteiger partial charge in [-0.05, 0) is 53.6 Å². The Bertz CT molecular complexity index is 1380. The van der Waals surface area contributed by atoms with E-state index in [9.17, 15) is 9.18 Å². The van der Waals surface area contributed by atoms with Crippen LogP contribution in [0.2, 0.25) is 5.02 Å². The van der Waals surface area contributed by atoms with Crippen LogP contribution in [0.15, 0.2) is 72.8 Å². The van der Waals surface area contributed by atoms with Crippen LogP contribution in [0.25, 0.3) is 0 Å². The van der Waals surface area contributed by atoms with Crippen LogP contribution in [0, 0.1) is 5.82 Å². The van der Waals surface area contributed by atoms with Crippen molar-refractivity contribution < 1.29 is 18.7 Å². The number of halogens is 2. The molecule has 0 bridgehead atoms. The van der Waals surface area contributed by atoms with Gasteiger partial charge >= 0.3 is 0 Å². The molecular weight excluding hydrogens is 575 g/mol. The van der Waals surface area contributed by atoms with Crippen LogP contribution in [-0.4, -0.2) is 60.4 Å². The lowest BCUT2D eigenvalue weighted by Crippen LogP contribution is -2.27. The van der Waals surface area contributed by atoms with Gasteiger partial charge < -0.3 is 36.5 Å². The predicted molar refractivity (Wildman–Crippen MR) is 165 cm³/mol. The van der Waals surface area contributed by atoms with E-state index >= 15 is 0 Å². The highest BCUT2D eigenvalue weighted by Gasteiger charge is 2.10. The molecule has 1 amide bonds. The summed E-state index contributed by atoms with van der Waals surface area (Å²) in [6.45, 7) is 3.39. The average molecular weight is 609 g/mol. The molecule has 226 valence electrons. The van der Waals surface area contributed by atoms with Gasteiger partial charge in [0, 0.05) is 42.5 Å². The van der Waals surface area contributed by atoms with Crippen molar-refractivity contribution in [3.63, 3.8) is 0 Å². The van der Waals surface area contributed by atoms with E-state index in [0.29, 0.717) is 80.8 Å². The van der Waals surface area contributed by atoms with Crippen LogP contribution in [0.5, 0.6) is 0 Å². The van der Waals surface area contributed by atoms with Crippen LogP contribution in [0.3, 0.4) is 0 Å². The Balaban J connectivity index is 1.40. The fourth-order valence-corrected chi connectivity index (χ4v) is 3.89. The van der Waals surface area contributed by atoms with E-state index in [1.807, 2.05) is 24.3 Å². The lowest BCUT2D eigenvalue weighted by molar-refractivity contribution is 0.0511. The fourth-order valence-electron chi connectivity index (χ4n) is 3.77. The van der Waals surface area contributed by atoms with Crippen LogP contribution >= 0.6 is 11.6 Å². The van der Waals surface area contributed by atoms with Gasteiger partial charge in [0.1, 0.15) is 5.82 Å². The molecule has 0 saturated carbocycles. The largest absolute Gasteiger partial charge is 0.378 e. The summed E-state index contributed by atoms with van der Waals surface area (Å²) in [5.74, 6) is 0.351. The van der Waals surface area contributed by atoms with Crippen molar-refractivity contribution >= 4 is 41.0 Å². The van der Waals surface area contributed by atoms with Gasteiger partial charge in [-0.1, -0.05) is 41.9 Å². The SMILES string of the molecule is NCCOCCOCCNC(=O)c1cccc(Nc2nc(NCc3ccc(F)cc3)nc(NCc3ccc(Cl)cc3)n2)c1. The van der Waals surface area contributed by atoms with Crippen molar-refractivity contribution in [1.29, 1.82) is 0 Å². The van der Waals surface area contributed by atoms with Crippen molar-refractivity contribution in [1.82, 2.24) is 20.3 Å². The molecule has 0 aliphatic rings. The second kappa shape index (κ2) is 16.9. The second-order valence-corrected chi connectivity index (χ2v) is 9.68. The lowest BCUT2D eigenvalue weighted by atomic mass is 10.2. The molecule has 4 rings (SSSR count). The van der Waals surface area contributed by atoms with Crippen molar-refractivity contribution in [2.75, 3.05) is 55.5 Å². The third kappa shape index (κ3) is 11.1. The van der Waals surface area contributed by atoms with E-state index in [1.54, 1.807) is 36.4 Å². The number of aromatic nitrogens is 3. The lowest BCUT2D eigenvalue weighted by Gasteiger charge is -2.12. The Labute approximate surface area is 254 Å². The van der Waals surface area contributed by atoms with Crippen LogP contribution in [0.1, 0.15) is 21.5 Å². The van der Waals surface area contributed by atoms with Gasteiger partial charge in [0.2, 0.25) is 17.8 Å². The third-order valence-corrected chi connectivity index (χ3v) is 6.16. The van der Waals surface area contributed by atoms with E-state index in [0.717, 1.165) is 11.1 Å². The summed E-state index contributed by atoms with van der Waals surface area (Å²) in [7, 11) is 0. The monoisotopic (exact) mass is 608 g/mol. The maximum atomic E-state index is 13.3. The summed E-state index contributed by atoms with van der Waals surface area (Å²) in [5, 5.41) is 13.0. The highest BCUT2D eigenvalue weighted by molar-refractivity contribution is 6.30. The number of benzene rings is 3. The molecule has 0 spiro atoms. The number of anilines is 4. The minimum absolute atomic E-state index is 0.241. The first kappa shape index (κ1) is 31.6. The van der Waals surface area contributed by atoms with Crippen LogP contribution in [-0.2, 0) is 22.6 Å². The summed E-state index contributed by atoms with van der Waals surface area (Å²) in [6.07, 6.45) is 0. The molecule has 1 heterocycles. The van der Waals surface area contributed by atoms with Gasteiger partial charge in [-0.25, -0.2) is 4.39 Å². The van der Waals surface area contributed by atoms with Gasteiger partial charge in [-0.2, -0.15) is 15.0 Å². The molecule has 0 unspecified atom stereocenters. The number of nitrogens with two attached hydrogens (primary N) is 1. The van der Waals surface area contributed by atoms with Crippen molar-refractivity contribution in [3.8, 4) is 0 Å². The molecule has 0 atom stereocenters. The predicted octanol–water partition coefficient (Wildman–Crippen LogP) is 4.35. The number of ether oxygens (including phenoxy) is 2. The molecule has 13 heteroatoms. The Kier molecular flexibility index (Phi) is 12.4. The first-order chi connectivity index (χ1) is 21.0. The normalized spacial score (nSPS) is 10.8. The summed E-state index contributed by atoms with van der Waals surface area (Å²) in [6, 6.07) is 20.6. The summed E-state index contributed by atoms with van der Waals surface area (Å²) < 4.78 is 24.0. The molecule has 0 fully saturated rings. The Morgan fingerprint density at radius 1 is 0.791 bits per heavy atom. The maximum Gasteiger partial charge on any atom is 0.251 e. The highest BCUT2D eigenvalue weighted by Crippen LogP contribution is 2.19. The molecule has 0 saturated heterocycles. The van der Waals surface area contributed by atoms with E-state index in [1.165, 1.54) is 12.1 Å². The van der Waals surface area contributed by atoms with E-state index in [2.05, 4.69) is 36.2 Å². The maximum absolute atomic E-state index is 13.3. The first-order valence-electron chi connectivity index (χ1n) is 13.7. The Hall–Kier alpha value is -4.36. The van der Waals surface area contributed by atoms with E-state index < -0.39 is 0 Å². The van der Waals surface area contributed by atoms with Crippen LogP contribution < -0.4 is 27.0 Å². The zero-order valence-electron chi connectivity index (χ0n) is 23.5. The van der Waals surface area contributed by atoms with Gasteiger partial charge in [-0.15, -0.1) is 0 Å². The first-order valence-corrected chi connectivity index (χ1v) is 14.1. The molecule has 4 aromatic rings. The molecular formula is C30H34ClFN8O3. The van der Waals surface area contributed by atoms with Crippen molar-refractivity contribution in [2.24, 2.45) is 5.73 Å². The topological polar surface area (TPSA) is 148 Å². The minimum atomic E-state index is -0.308. The zero-order valence-corrected chi connectivity index (χ0v) is 24.2. The standard InChI is InChI=1S/C30H34ClFN8O3/c31-24-8-4-21(5-9-24)19-35-28-38-29(36-20-22-6-10-25(32)11-7-22)40-30(39-28)37-26-3-1-2-23(18-26)27(41)34-13-15-43-17-16-42-14-12-33/h1-11,18H,12-17,19-20,33H2,(H,34,41)(H3,35,36,37,38,39,40). The van der Waals surface area contributed by atoms with E-state index in [4.69, 9.17) is 26.8 Å². The number of hydrogen-bond donors (Lipinski definition) is 5. The summed E-state index contributed by atoms with van der Waals surface area (Å²) in [5.41, 5.74) is 8.29. The Morgan fingerprint density at radius 2 is 1.40 bits per heavy atom. The highest BCUT2D eigenvalue weighted by atomic mass is 35.5. The molecule has 3 aromatic carbocycles. The third-order valence-electron chi connectivity index (χ3n) is 5.91. The fraction of sp³-hybridized carbons (Fsp3) is 0.267. The van der Waals surface area contributed by atoms with Crippen molar-refractivity contribution in [2.45, 2.75) is 13.1 Å². The molecule has 11 nitrogen and oxygen atoms in total. The smallest absolute Gasteiger partial charge is 0.251 e. The molecule has 0 radical (unpaired) electrons. The summed E-state index contributed by atoms with van der Waals surface area (Å²) in [4.78, 5) is 26.2. The number of carbonyl (C=O) groups excluding carboxylic acids is 1. The minimum Gasteiger partial charge on any atom is -0.378 e. The molecule has 0 aliphatic heterocycles. The number of carbonyl (C=O) groups is 1. The number of hydrogen-bond acceptors (Lipinski definition) is 10. The summed E-state index contributed by atoms with van der Waals surface area (Å²) >= 11 is 6.00. The van der Waals surface area contributed by atoms with Gasteiger partial charge in [0.05, 0.1) is 26.4 Å². The van der Waals surface area contributed by atoms with Crippen LogP contribution in [0.4, 0.5) is 27.9 Å². The average Bonchev–Trinajstić information content (AvgIpc) is 3.02. The number of amides is 1. The molecule has 1 aromatic heterocycles. The number of rotatable bonds is 17. The zero-order chi connectivity index (χ0) is 30.3. The number of nitrogens with zero attached hydrogens (tertiary/aromatic N) is 3.